The molecule has 1 heterocycles. The maximum Gasteiger partial charge on any atom is 0.307 e. The molecule has 0 spiro atoms. The maximum atomic E-state index is 11.2. The van der Waals surface area contributed by atoms with Crippen molar-refractivity contribution in [3.05, 3.63) is 78.4 Å². The van der Waals surface area contributed by atoms with Crippen LogP contribution in [0.15, 0.2) is 83.0 Å². The van der Waals surface area contributed by atoms with Crippen LogP contribution in [-0.4, -0.2) is 35.6 Å². The van der Waals surface area contributed by atoms with E-state index < -0.39 is 5.97 Å². The van der Waals surface area contributed by atoms with Crippen molar-refractivity contribution in [1.29, 1.82) is 0 Å². The molecule has 0 radical (unpaired) electrons. The lowest BCUT2D eigenvalue weighted by molar-refractivity contribution is -0.143. The average molecular weight is 414 g/mol. The first kappa shape index (κ1) is 20.9. The summed E-state index contributed by atoms with van der Waals surface area (Å²) in [6.07, 6.45) is 6.93. The number of carbonyl (C=O) groups is 1. The van der Waals surface area contributed by atoms with Gasteiger partial charge in [0, 0.05) is 18.5 Å². The fourth-order valence-electron chi connectivity index (χ4n) is 4.00. The lowest BCUT2D eigenvalue weighted by Crippen LogP contribution is -2.38. The van der Waals surface area contributed by atoms with Gasteiger partial charge in [-0.1, -0.05) is 60.7 Å². The number of hydrogen-bond acceptors (Lipinski definition) is 4. The number of carboxylic acid groups (broad SMARTS) is 1. The summed E-state index contributed by atoms with van der Waals surface area (Å²) in [5.74, 6) is -0.883. The van der Waals surface area contributed by atoms with Crippen LogP contribution in [0.1, 0.15) is 24.8 Å². The van der Waals surface area contributed by atoms with Gasteiger partial charge in [0.2, 0.25) is 0 Å². The summed E-state index contributed by atoms with van der Waals surface area (Å²) in [6.45, 7) is 2.56. The van der Waals surface area contributed by atoms with E-state index in [4.69, 9.17) is 0 Å². The Morgan fingerprint density at radius 2 is 1.84 bits per heavy atom. The second kappa shape index (κ2) is 10.1. The number of rotatable bonds is 7. The van der Waals surface area contributed by atoms with Crippen LogP contribution >= 0.6 is 0 Å². The van der Waals surface area contributed by atoms with Gasteiger partial charge >= 0.3 is 5.97 Å². The molecule has 1 unspecified atom stereocenters. The Morgan fingerprint density at radius 1 is 1.03 bits per heavy atom. The number of likely N-dealkylation sites (tertiary alicyclic amines) is 1. The Bertz CT molecular complexity index is 1080. The van der Waals surface area contributed by atoms with Crippen molar-refractivity contribution in [3.8, 4) is 0 Å². The highest BCUT2D eigenvalue weighted by molar-refractivity contribution is 5.92. The molecule has 0 amide bonds. The SMILES string of the molecule is O=C(O)C1CCCN(CCC=Cc2ccc(N=Nc3cccc4ccccc34)cc2)C1. The summed E-state index contributed by atoms with van der Waals surface area (Å²) in [5, 5.41) is 20.3. The van der Waals surface area contributed by atoms with Crippen molar-refractivity contribution in [2.75, 3.05) is 19.6 Å². The van der Waals surface area contributed by atoms with Gasteiger partial charge in [-0.25, -0.2) is 0 Å². The fraction of sp³-hybridized carbons (Fsp3) is 0.269. The van der Waals surface area contributed by atoms with E-state index in [1.54, 1.807) is 0 Å². The van der Waals surface area contributed by atoms with Crippen LogP contribution in [0, 0.1) is 5.92 Å². The largest absolute Gasteiger partial charge is 0.481 e. The zero-order chi connectivity index (χ0) is 21.5. The van der Waals surface area contributed by atoms with Gasteiger partial charge in [0.15, 0.2) is 0 Å². The highest BCUT2D eigenvalue weighted by Gasteiger charge is 2.24. The van der Waals surface area contributed by atoms with Crippen molar-refractivity contribution in [2.45, 2.75) is 19.3 Å². The number of aliphatic carboxylic acids is 1. The van der Waals surface area contributed by atoms with Gasteiger partial charge in [0.1, 0.15) is 0 Å². The minimum Gasteiger partial charge on any atom is -0.481 e. The average Bonchev–Trinajstić information content (AvgIpc) is 2.81. The van der Waals surface area contributed by atoms with Gasteiger partial charge in [-0.3, -0.25) is 4.79 Å². The second-order valence-corrected chi connectivity index (χ2v) is 7.96. The molecule has 0 aliphatic carbocycles. The van der Waals surface area contributed by atoms with Crippen molar-refractivity contribution in [2.24, 2.45) is 16.1 Å². The summed E-state index contributed by atoms with van der Waals surface area (Å²) in [6, 6.07) is 22.2. The Morgan fingerprint density at radius 3 is 2.68 bits per heavy atom. The molecular weight excluding hydrogens is 386 g/mol. The van der Waals surface area contributed by atoms with Crippen LogP contribution < -0.4 is 0 Å². The molecular formula is C26H27N3O2. The standard InChI is InChI=1S/C26H27N3O2/c30-26(31)22-10-6-18-29(19-22)17-4-3-7-20-13-15-23(16-14-20)27-28-25-12-5-9-21-8-1-2-11-24(21)25/h1-3,5,7-9,11-16,22H,4,6,10,17-19H2,(H,30,31). The molecule has 5 heteroatoms. The zero-order valence-corrected chi connectivity index (χ0v) is 17.5. The molecule has 1 atom stereocenters. The molecule has 3 aromatic rings. The third-order valence-electron chi connectivity index (χ3n) is 5.71. The van der Waals surface area contributed by atoms with Crippen LogP contribution in [0.2, 0.25) is 0 Å². The molecule has 3 aromatic carbocycles. The Kier molecular flexibility index (Phi) is 6.85. The Balaban J connectivity index is 1.31. The van der Waals surface area contributed by atoms with E-state index in [1.807, 2.05) is 48.5 Å². The minimum atomic E-state index is -0.669. The monoisotopic (exact) mass is 413 g/mol. The number of benzene rings is 3. The number of fused-ring (bicyclic) bond motifs is 1. The first-order chi connectivity index (χ1) is 15.2. The molecule has 158 valence electrons. The summed E-state index contributed by atoms with van der Waals surface area (Å²) < 4.78 is 0. The van der Waals surface area contributed by atoms with E-state index in [-0.39, 0.29) is 5.92 Å². The van der Waals surface area contributed by atoms with Crippen LogP contribution in [0.3, 0.4) is 0 Å². The van der Waals surface area contributed by atoms with Crippen LogP contribution in [-0.2, 0) is 4.79 Å². The molecule has 1 fully saturated rings. The number of nitrogens with zero attached hydrogens (tertiary/aromatic N) is 3. The van der Waals surface area contributed by atoms with Gasteiger partial charge in [0.25, 0.3) is 0 Å². The molecule has 0 aromatic heterocycles. The molecule has 1 aliphatic heterocycles. The van der Waals surface area contributed by atoms with Crippen molar-refractivity contribution >= 4 is 34.2 Å². The van der Waals surface area contributed by atoms with Crippen LogP contribution in [0.25, 0.3) is 16.8 Å². The predicted molar refractivity (Wildman–Crippen MR) is 125 cm³/mol. The summed E-state index contributed by atoms with van der Waals surface area (Å²) in [7, 11) is 0. The molecule has 1 N–H and O–H groups in total. The van der Waals surface area contributed by atoms with Crippen molar-refractivity contribution in [1.82, 2.24) is 4.90 Å². The molecule has 1 aliphatic rings. The van der Waals surface area contributed by atoms with Crippen LogP contribution in [0.4, 0.5) is 11.4 Å². The van der Waals surface area contributed by atoms with E-state index >= 15 is 0 Å². The highest BCUT2D eigenvalue weighted by atomic mass is 16.4. The van der Waals surface area contributed by atoms with E-state index in [2.05, 4.69) is 45.5 Å². The normalized spacial score (nSPS) is 17.6. The topological polar surface area (TPSA) is 65.3 Å². The summed E-state index contributed by atoms with van der Waals surface area (Å²) in [5.41, 5.74) is 2.80. The smallest absolute Gasteiger partial charge is 0.307 e. The van der Waals surface area contributed by atoms with Gasteiger partial charge in [-0.15, -0.1) is 5.11 Å². The van der Waals surface area contributed by atoms with Gasteiger partial charge in [-0.2, -0.15) is 5.11 Å². The van der Waals surface area contributed by atoms with E-state index in [1.165, 1.54) is 0 Å². The van der Waals surface area contributed by atoms with Gasteiger partial charge in [0.05, 0.1) is 17.3 Å². The molecule has 31 heavy (non-hydrogen) atoms. The third kappa shape index (κ3) is 5.64. The van der Waals surface area contributed by atoms with Crippen molar-refractivity contribution in [3.63, 3.8) is 0 Å². The fourth-order valence-corrected chi connectivity index (χ4v) is 4.00. The van der Waals surface area contributed by atoms with Gasteiger partial charge in [-0.05, 0) is 55.0 Å². The second-order valence-electron chi connectivity index (χ2n) is 7.96. The molecule has 4 rings (SSSR count). The molecule has 5 nitrogen and oxygen atoms in total. The highest BCUT2D eigenvalue weighted by Crippen LogP contribution is 2.27. The number of azo groups is 1. The minimum absolute atomic E-state index is 0.215. The summed E-state index contributed by atoms with van der Waals surface area (Å²) in [4.78, 5) is 13.4. The number of carboxylic acids is 1. The van der Waals surface area contributed by atoms with Crippen LogP contribution in [0.5, 0.6) is 0 Å². The summed E-state index contributed by atoms with van der Waals surface area (Å²) >= 11 is 0. The molecule has 1 saturated heterocycles. The number of piperidine rings is 1. The first-order valence-electron chi connectivity index (χ1n) is 10.8. The number of hydrogen-bond donors (Lipinski definition) is 1. The lowest BCUT2D eigenvalue weighted by atomic mass is 9.98. The lowest BCUT2D eigenvalue weighted by Gasteiger charge is -2.30. The third-order valence-corrected chi connectivity index (χ3v) is 5.71. The van der Waals surface area contributed by atoms with E-state index in [0.29, 0.717) is 6.54 Å². The molecule has 0 saturated carbocycles. The quantitative estimate of drug-likeness (QED) is 0.452. The molecule has 0 bridgehead atoms. The first-order valence-corrected chi connectivity index (χ1v) is 10.8. The van der Waals surface area contributed by atoms with Crippen molar-refractivity contribution < 1.29 is 9.90 Å². The maximum absolute atomic E-state index is 11.2. The van der Waals surface area contributed by atoms with E-state index in [0.717, 1.165) is 60.1 Å². The Hall–Kier alpha value is -3.31. The van der Waals surface area contributed by atoms with Gasteiger partial charge < -0.3 is 10.0 Å². The zero-order valence-electron chi connectivity index (χ0n) is 17.5. The predicted octanol–water partition coefficient (Wildman–Crippen LogP) is 6.46. The van der Waals surface area contributed by atoms with E-state index in [9.17, 15) is 9.90 Å². The Labute approximate surface area is 182 Å².